The summed E-state index contributed by atoms with van der Waals surface area (Å²) in [6, 6.07) is -0.592. The van der Waals surface area contributed by atoms with E-state index in [0.717, 1.165) is 12.8 Å². The van der Waals surface area contributed by atoms with Crippen LogP contribution < -0.4 is 11.1 Å². The van der Waals surface area contributed by atoms with E-state index in [2.05, 4.69) is 5.32 Å². The van der Waals surface area contributed by atoms with Gasteiger partial charge in [-0.2, -0.15) is 0 Å². The van der Waals surface area contributed by atoms with E-state index >= 15 is 0 Å². The lowest BCUT2D eigenvalue weighted by Gasteiger charge is -2.12. The highest BCUT2D eigenvalue weighted by molar-refractivity contribution is 5.81. The van der Waals surface area contributed by atoms with Gasteiger partial charge >= 0.3 is 0 Å². The molecule has 0 radical (unpaired) electrons. The number of hydrogen-bond acceptors (Lipinski definition) is 4. The van der Waals surface area contributed by atoms with Crippen LogP contribution in [0.1, 0.15) is 19.8 Å². The van der Waals surface area contributed by atoms with Gasteiger partial charge in [-0.05, 0) is 18.8 Å². The fourth-order valence-electron chi connectivity index (χ4n) is 1.14. The van der Waals surface area contributed by atoms with Gasteiger partial charge in [0.05, 0.1) is 6.61 Å². The van der Waals surface area contributed by atoms with Crippen molar-refractivity contribution in [1.29, 1.82) is 0 Å². The summed E-state index contributed by atoms with van der Waals surface area (Å²) in [7, 11) is 1.51. The molecule has 1 amide bonds. The predicted octanol–water partition coefficient (Wildman–Crippen LogP) is -0.515. The van der Waals surface area contributed by atoms with Gasteiger partial charge in [0.1, 0.15) is 6.04 Å². The van der Waals surface area contributed by atoms with Crippen LogP contribution in [0.4, 0.5) is 0 Å². The second-order valence-electron chi connectivity index (χ2n) is 3.78. The molecule has 0 aromatic carbocycles. The van der Waals surface area contributed by atoms with Crippen LogP contribution in [0.3, 0.4) is 0 Å². The molecule has 0 saturated carbocycles. The maximum absolute atomic E-state index is 11.3. The molecule has 90 valence electrons. The smallest absolute Gasteiger partial charge is 0.239 e. The van der Waals surface area contributed by atoms with Crippen molar-refractivity contribution in [3.63, 3.8) is 0 Å². The first kappa shape index (κ1) is 14.3. The first-order chi connectivity index (χ1) is 7.11. The molecule has 5 heteroatoms. The Morgan fingerprint density at radius 1 is 1.60 bits per heavy atom. The topological polar surface area (TPSA) is 84.6 Å². The summed E-state index contributed by atoms with van der Waals surface area (Å²) >= 11 is 0. The van der Waals surface area contributed by atoms with Gasteiger partial charge in [0, 0.05) is 20.3 Å². The minimum atomic E-state index is -0.592. The van der Waals surface area contributed by atoms with Crippen LogP contribution in [0.2, 0.25) is 0 Å². The average molecular weight is 218 g/mol. The summed E-state index contributed by atoms with van der Waals surface area (Å²) in [5, 5.41) is 11.5. The lowest BCUT2D eigenvalue weighted by atomic mass is 10.1. The summed E-state index contributed by atoms with van der Waals surface area (Å²) in [6.45, 7) is 3.00. The number of nitrogens with one attached hydrogen (secondary N) is 1. The summed E-state index contributed by atoms with van der Waals surface area (Å²) in [5.41, 5.74) is 5.52. The zero-order chi connectivity index (χ0) is 11.7. The molecule has 0 fully saturated rings. The van der Waals surface area contributed by atoms with Crippen molar-refractivity contribution in [2.45, 2.75) is 25.8 Å². The Kier molecular flexibility index (Phi) is 8.27. The fourth-order valence-corrected chi connectivity index (χ4v) is 1.14. The SMILES string of the molecule is COCC(N)C(=O)NCCCC(C)CO. The molecule has 2 atom stereocenters. The van der Waals surface area contributed by atoms with E-state index in [1.165, 1.54) is 7.11 Å². The minimum Gasteiger partial charge on any atom is -0.396 e. The highest BCUT2D eigenvalue weighted by Gasteiger charge is 2.11. The van der Waals surface area contributed by atoms with Crippen molar-refractivity contribution in [3.05, 3.63) is 0 Å². The number of amides is 1. The zero-order valence-corrected chi connectivity index (χ0v) is 9.53. The molecule has 0 aromatic rings. The monoisotopic (exact) mass is 218 g/mol. The Morgan fingerprint density at radius 3 is 2.80 bits per heavy atom. The van der Waals surface area contributed by atoms with Gasteiger partial charge < -0.3 is 20.9 Å². The third-order valence-electron chi connectivity index (χ3n) is 2.17. The molecule has 0 aliphatic carbocycles. The third kappa shape index (κ3) is 7.30. The Bertz CT molecular complexity index is 176. The number of nitrogens with two attached hydrogens (primary N) is 1. The molecule has 2 unspecified atom stereocenters. The van der Waals surface area contributed by atoms with Crippen molar-refractivity contribution >= 4 is 5.91 Å². The second kappa shape index (κ2) is 8.64. The van der Waals surface area contributed by atoms with Crippen LogP contribution >= 0.6 is 0 Å². The molecule has 15 heavy (non-hydrogen) atoms. The Labute approximate surface area is 91.0 Å². The maximum atomic E-state index is 11.3. The van der Waals surface area contributed by atoms with Crippen molar-refractivity contribution in [3.8, 4) is 0 Å². The van der Waals surface area contributed by atoms with Crippen LogP contribution in [0, 0.1) is 5.92 Å². The number of rotatable bonds is 8. The number of aliphatic hydroxyl groups excluding tert-OH is 1. The van der Waals surface area contributed by atoms with Crippen LogP contribution in [0.5, 0.6) is 0 Å². The molecular formula is C10H22N2O3. The van der Waals surface area contributed by atoms with E-state index in [1.54, 1.807) is 0 Å². The van der Waals surface area contributed by atoms with Crippen LogP contribution in [-0.4, -0.2) is 43.9 Å². The normalized spacial score (nSPS) is 14.7. The summed E-state index contributed by atoms with van der Waals surface area (Å²) in [4.78, 5) is 11.3. The largest absolute Gasteiger partial charge is 0.396 e. The summed E-state index contributed by atoms with van der Waals surface area (Å²) in [6.07, 6.45) is 1.75. The molecule has 0 aliphatic rings. The van der Waals surface area contributed by atoms with Crippen molar-refractivity contribution in [1.82, 2.24) is 5.32 Å². The van der Waals surface area contributed by atoms with Crippen molar-refractivity contribution in [2.75, 3.05) is 26.9 Å². The first-order valence-corrected chi connectivity index (χ1v) is 5.24. The Morgan fingerprint density at radius 2 is 2.27 bits per heavy atom. The average Bonchev–Trinajstić information content (AvgIpc) is 2.23. The minimum absolute atomic E-state index is 0.187. The number of carbonyl (C=O) groups is 1. The van der Waals surface area contributed by atoms with E-state index < -0.39 is 6.04 Å². The van der Waals surface area contributed by atoms with Gasteiger partial charge in [0.15, 0.2) is 0 Å². The van der Waals surface area contributed by atoms with Crippen molar-refractivity contribution in [2.24, 2.45) is 11.7 Å². The Balaban J connectivity index is 3.46. The molecule has 0 aromatic heterocycles. The molecule has 0 spiro atoms. The van der Waals surface area contributed by atoms with Crippen LogP contribution in [-0.2, 0) is 9.53 Å². The van der Waals surface area contributed by atoms with Crippen LogP contribution in [0.25, 0.3) is 0 Å². The summed E-state index contributed by atoms with van der Waals surface area (Å²) < 4.78 is 4.77. The fraction of sp³-hybridized carbons (Fsp3) is 0.900. The standard InChI is InChI=1S/C10H22N2O3/c1-8(6-13)4-3-5-12-10(14)9(11)7-15-2/h8-9,13H,3-7,11H2,1-2H3,(H,12,14). The van der Waals surface area contributed by atoms with Gasteiger partial charge in [-0.15, -0.1) is 0 Å². The first-order valence-electron chi connectivity index (χ1n) is 5.24. The predicted molar refractivity (Wildman–Crippen MR) is 58.3 cm³/mol. The molecule has 0 bridgehead atoms. The molecule has 4 N–H and O–H groups in total. The van der Waals surface area contributed by atoms with Gasteiger partial charge in [0.2, 0.25) is 5.91 Å². The lowest BCUT2D eigenvalue weighted by molar-refractivity contribution is -0.123. The van der Waals surface area contributed by atoms with E-state index in [1.807, 2.05) is 6.92 Å². The number of ether oxygens (including phenoxy) is 1. The van der Waals surface area contributed by atoms with Gasteiger partial charge in [-0.1, -0.05) is 6.92 Å². The number of hydrogen-bond donors (Lipinski definition) is 3. The second-order valence-corrected chi connectivity index (χ2v) is 3.78. The third-order valence-corrected chi connectivity index (χ3v) is 2.17. The number of methoxy groups -OCH3 is 1. The van der Waals surface area contributed by atoms with E-state index in [4.69, 9.17) is 15.6 Å². The Hall–Kier alpha value is -0.650. The summed E-state index contributed by atoms with van der Waals surface area (Å²) in [5.74, 6) is 0.100. The van der Waals surface area contributed by atoms with E-state index in [-0.39, 0.29) is 25.0 Å². The molecule has 0 saturated heterocycles. The van der Waals surface area contributed by atoms with E-state index in [0.29, 0.717) is 6.54 Å². The highest BCUT2D eigenvalue weighted by Crippen LogP contribution is 2.02. The highest BCUT2D eigenvalue weighted by atomic mass is 16.5. The van der Waals surface area contributed by atoms with E-state index in [9.17, 15) is 4.79 Å². The quantitative estimate of drug-likeness (QED) is 0.479. The zero-order valence-electron chi connectivity index (χ0n) is 9.53. The van der Waals surface area contributed by atoms with Crippen LogP contribution in [0.15, 0.2) is 0 Å². The molecule has 5 nitrogen and oxygen atoms in total. The maximum Gasteiger partial charge on any atom is 0.239 e. The van der Waals surface area contributed by atoms with Gasteiger partial charge in [0.25, 0.3) is 0 Å². The molecular weight excluding hydrogens is 196 g/mol. The number of carbonyl (C=O) groups excluding carboxylic acids is 1. The molecule has 0 heterocycles. The van der Waals surface area contributed by atoms with Crippen molar-refractivity contribution < 1.29 is 14.6 Å². The molecule has 0 aliphatic heterocycles. The molecule has 0 rings (SSSR count). The van der Waals surface area contributed by atoms with Gasteiger partial charge in [-0.3, -0.25) is 4.79 Å². The van der Waals surface area contributed by atoms with Gasteiger partial charge in [-0.25, -0.2) is 0 Å². The number of aliphatic hydroxyl groups is 1. The lowest BCUT2D eigenvalue weighted by Crippen LogP contribution is -2.43.